The lowest BCUT2D eigenvalue weighted by atomic mass is 9.58. The number of aliphatic hydroxyl groups is 1. The van der Waals surface area contributed by atoms with E-state index < -0.39 is 5.60 Å². The maximum atomic E-state index is 10.7. The fraction of sp³-hybridized carbons (Fsp3) is 0.812. The van der Waals surface area contributed by atoms with Gasteiger partial charge in [-0.3, -0.25) is 4.79 Å². The van der Waals surface area contributed by atoms with Crippen molar-refractivity contribution in [2.75, 3.05) is 0 Å². The van der Waals surface area contributed by atoms with Gasteiger partial charge in [-0.1, -0.05) is 18.1 Å². The smallest absolute Gasteiger partial charge is 0.293 e. The van der Waals surface area contributed by atoms with Crippen molar-refractivity contribution in [1.29, 1.82) is 0 Å². The molecule has 108 valence electrons. The molecule has 0 aromatic heterocycles. The zero-order chi connectivity index (χ0) is 14.3. The highest BCUT2D eigenvalue weighted by Gasteiger charge is 2.47. The van der Waals surface area contributed by atoms with Crippen LogP contribution in [-0.4, -0.2) is 23.3 Å². The van der Waals surface area contributed by atoms with Crippen LogP contribution in [0.3, 0.4) is 0 Å². The molecule has 0 radical (unpaired) electrons. The zero-order valence-corrected chi connectivity index (χ0v) is 12.5. The van der Waals surface area contributed by atoms with Gasteiger partial charge in [-0.25, -0.2) is 0 Å². The summed E-state index contributed by atoms with van der Waals surface area (Å²) in [5.41, 5.74) is 2.20. The van der Waals surface area contributed by atoms with Gasteiger partial charge in [0.1, 0.15) is 6.10 Å². The summed E-state index contributed by atoms with van der Waals surface area (Å²) < 4.78 is 5.35. The van der Waals surface area contributed by atoms with Crippen LogP contribution in [0, 0.1) is 11.3 Å². The predicted molar refractivity (Wildman–Crippen MR) is 74.6 cm³/mol. The van der Waals surface area contributed by atoms with Crippen LogP contribution in [0.1, 0.15) is 59.8 Å². The number of ether oxygens (including phenoxy) is 1. The Bertz CT molecular complexity index is 391. The standard InChI is InChI=1S/C16H26O3/c1-11-5-6-14(19-10-17)16(4)8-7-12(9-13(11)16)15(2,3)18/h10,12,14,18H,5-9H2,1-4H3/t12-,14-,16-/m1/s1. The largest absolute Gasteiger partial charge is 0.464 e. The Kier molecular flexibility index (Phi) is 3.78. The first-order valence-corrected chi connectivity index (χ1v) is 7.29. The first-order chi connectivity index (χ1) is 8.79. The Morgan fingerprint density at radius 3 is 2.68 bits per heavy atom. The van der Waals surface area contributed by atoms with Crippen molar-refractivity contribution in [3.8, 4) is 0 Å². The summed E-state index contributed by atoms with van der Waals surface area (Å²) in [6, 6.07) is 0. The van der Waals surface area contributed by atoms with E-state index in [2.05, 4.69) is 13.8 Å². The van der Waals surface area contributed by atoms with E-state index in [1.165, 1.54) is 11.1 Å². The molecule has 0 amide bonds. The second-order valence-corrected chi connectivity index (χ2v) is 7.03. The Morgan fingerprint density at radius 2 is 2.11 bits per heavy atom. The van der Waals surface area contributed by atoms with Gasteiger partial charge in [0, 0.05) is 5.41 Å². The number of carbonyl (C=O) groups excluding carboxylic acids is 1. The predicted octanol–water partition coefficient (Wildman–Crippen LogP) is 3.22. The molecule has 0 saturated heterocycles. The third-order valence-electron chi connectivity index (χ3n) is 5.38. The molecule has 19 heavy (non-hydrogen) atoms. The highest BCUT2D eigenvalue weighted by molar-refractivity contribution is 5.39. The third-order valence-corrected chi connectivity index (χ3v) is 5.38. The summed E-state index contributed by atoms with van der Waals surface area (Å²) in [5.74, 6) is 0.306. The monoisotopic (exact) mass is 266 g/mol. The molecule has 1 fully saturated rings. The number of rotatable bonds is 3. The molecular weight excluding hydrogens is 240 g/mol. The topological polar surface area (TPSA) is 46.5 Å². The van der Waals surface area contributed by atoms with Crippen molar-refractivity contribution >= 4 is 6.47 Å². The molecule has 0 aliphatic heterocycles. The van der Waals surface area contributed by atoms with Gasteiger partial charge in [-0.15, -0.1) is 0 Å². The van der Waals surface area contributed by atoms with Gasteiger partial charge >= 0.3 is 0 Å². The molecule has 0 aromatic rings. The molecule has 1 N–H and O–H groups in total. The Balaban J connectivity index is 2.29. The first-order valence-electron chi connectivity index (χ1n) is 7.29. The van der Waals surface area contributed by atoms with E-state index >= 15 is 0 Å². The Morgan fingerprint density at radius 1 is 1.42 bits per heavy atom. The van der Waals surface area contributed by atoms with E-state index in [9.17, 15) is 9.90 Å². The van der Waals surface area contributed by atoms with Gasteiger partial charge in [0.25, 0.3) is 6.47 Å². The maximum absolute atomic E-state index is 10.7. The molecule has 2 aliphatic carbocycles. The van der Waals surface area contributed by atoms with Crippen LogP contribution in [0.5, 0.6) is 0 Å². The summed E-state index contributed by atoms with van der Waals surface area (Å²) >= 11 is 0. The molecule has 0 spiro atoms. The summed E-state index contributed by atoms with van der Waals surface area (Å²) in [6.45, 7) is 8.81. The van der Waals surface area contributed by atoms with E-state index in [-0.39, 0.29) is 11.5 Å². The average molecular weight is 266 g/mol. The fourth-order valence-electron chi connectivity index (χ4n) is 3.93. The summed E-state index contributed by atoms with van der Waals surface area (Å²) in [6.07, 6.45) is 4.86. The summed E-state index contributed by atoms with van der Waals surface area (Å²) in [7, 11) is 0. The Hall–Kier alpha value is -0.830. The number of hydrogen-bond donors (Lipinski definition) is 1. The van der Waals surface area contributed by atoms with Crippen LogP contribution < -0.4 is 0 Å². The summed E-state index contributed by atoms with van der Waals surface area (Å²) in [5, 5.41) is 10.3. The maximum Gasteiger partial charge on any atom is 0.293 e. The zero-order valence-electron chi connectivity index (χ0n) is 12.5. The van der Waals surface area contributed by atoms with Crippen LogP contribution in [0.25, 0.3) is 0 Å². The van der Waals surface area contributed by atoms with Crippen LogP contribution in [0.2, 0.25) is 0 Å². The first kappa shape index (κ1) is 14.6. The molecule has 2 aliphatic rings. The molecule has 3 heteroatoms. The van der Waals surface area contributed by atoms with E-state index in [1.807, 2.05) is 13.8 Å². The highest BCUT2D eigenvalue weighted by Crippen LogP contribution is 2.53. The lowest BCUT2D eigenvalue weighted by Gasteiger charge is -2.49. The molecule has 3 nitrogen and oxygen atoms in total. The van der Waals surface area contributed by atoms with Crippen LogP contribution in [0.4, 0.5) is 0 Å². The minimum absolute atomic E-state index is 0.00598. The van der Waals surface area contributed by atoms with Crippen molar-refractivity contribution in [3.63, 3.8) is 0 Å². The molecule has 0 bridgehead atoms. The van der Waals surface area contributed by atoms with Crippen molar-refractivity contribution in [2.45, 2.75) is 71.5 Å². The van der Waals surface area contributed by atoms with Crippen molar-refractivity contribution in [1.82, 2.24) is 0 Å². The molecule has 0 heterocycles. The normalized spacial score (nSPS) is 35.8. The number of hydrogen-bond acceptors (Lipinski definition) is 3. The van der Waals surface area contributed by atoms with Crippen molar-refractivity contribution in [3.05, 3.63) is 11.1 Å². The van der Waals surface area contributed by atoms with Crippen LogP contribution >= 0.6 is 0 Å². The quantitative estimate of drug-likeness (QED) is 0.630. The number of allylic oxidation sites excluding steroid dienone is 1. The number of fused-ring (bicyclic) bond motifs is 1. The lowest BCUT2D eigenvalue weighted by molar-refractivity contribution is -0.141. The van der Waals surface area contributed by atoms with Crippen LogP contribution in [0.15, 0.2) is 11.1 Å². The van der Waals surface area contributed by atoms with Gasteiger partial charge in [0.15, 0.2) is 0 Å². The summed E-state index contributed by atoms with van der Waals surface area (Å²) in [4.78, 5) is 10.7. The van der Waals surface area contributed by atoms with Gasteiger partial charge in [0.05, 0.1) is 5.60 Å². The molecule has 1 saturated carbocycles. The number of carbonyl (C=O) groups is 1. The molecular formula is C16H26O3. The molecule has 0 aromatic carbocycles. The second-order valence-electron chi connectivity index (χ2n) is 7.03. The average Bonchev–Trinajstić information content (AvgIpc) is 2.31. The van der Waals surface area contributed by atoms with E-state index in [1.54, 1.807) is 0 Å². The molecule has 2 rings (SSSR count). The second kappa shape index (κ2) is 4.93. The van der Waals surface area contributed by atoms with E-state index in [0.29, 0.717) is 12.4 Å². The lowest BCUT2D eigenvalue weighted by Crippen LogP contribution is -2.46. The highest BCUT2D eigenvalue weighted by atomic mass is 16.5. The Labute approximate surface area is 116 Å². The van der Waals surface area contributed by atoms with Crippen LogP contribution in [-0.2, 0) is 9.53 Å². The van der Waals surface area contributed by atoms with E-state index in [4.69, 9.17) is 4.74 Å². The van der Waals surface area contributed by atoms with Gasteiger partial charge in [-0.05, 0) is 58.8 Å². The minimum atomic E-state index is -0.632. The minimum Gasteiger partial charge on any atom is -0.464 e. The van der Waals surface area contributed by atoms with Gasteiger partial charge in [0.2, 0.25) is 0 Å². The van der Waals surface area contributed by atoms with Crippen molar-refractivity contribution < 1.29 is 14.6 Å². The molecule has 3 atom stereocenters. The van der Waals surface area contributed by atoms with Gasteiger partial charge in [-0.2, -0.15) is 0 Å². The SMILES string of the molecule is CC1=C2C[C@H](C(C)(C)O)CC[C@@]2(C)[C@H](OC=O)CC1. The molecule has 0 unspecified atom stereocenters. The van der Waals surface area contributed by atoms with Gasteiger partial charge < -0.3 is 9.84 Å². The third kappa shape index (κ3) is 2.58. The fourth-order valence-corrected chi connectivity index (χ4v) is 3.93. The van der Waals surface area contributed by atoms with E-state index in [0.717, 1.165) is 32.1 Å². The van der Waals surface area contributed by atoms with Crippen molar-refractivity contribution in [2.24, 2.45) is 11.3 Å².